The van der Waals surface area contributed by atoms with E-state index < -0.39 is 10.0 Å². The summed E-state index contributed by atoms with van der Waals surface area (Å²) in [6.45, 7) is 4.72. The molecule has 8 heteroatoms. The number of piperidine rings is 1. The summed E-state index contributed by atoms with van der Waals surface area (Å²) in [5.74, 6) is -0.386. The van der Waals surface area contributed by atoms with Crippen LogP contribution < -0.4 is 5.32 Å². The number of sulfonamides is 1. The Kier molecular flexibility index (Phi) is 5.93. The van der Waals surface area contributed by atoms with E-state index in [4.69, 9.17) is 0 Å². The van der Waals surface area contributed by atoms with Crippen molar-refractivity contribution in [1.29, 1.82) is 0 Å². The van der Waals surface area contributed by atoms with Crippen molar-refractivity contribution in [3.05, 3.63) is 71.5 Å². The minimum Gasteiger partial charge on any atom is -0.321 e. The van der Waals surface area contributed by atoms with Gasteiger partial charge in [-0.05, 0) is 62.6 Å². The van der Waals surface area contributed by atoms with Crippen molar-refractivity contribution in [2.45, 2.75) is 38.0 Å². The fourth-order valence-electron chi connectivity index (χ4n) is 3.81. The van der Waals surface area contributed by atoms with Crippen LogP contribution in [0.15, 0.2) is 59.5 Å². The van der Waals surface area contributed by atoms with Crippen molar-refractivity contribution in [3.63, 3.8) is 0 Å². The highest BCUT2D eigenvalue weighted by molar-refractivity contribution is 7.89. The molecule has 1 aromatic heterocycles. The Morgan fingerprint density at radius 1 is 0.968 bits per heavy atom. The first-order chi connectivity index (χ1) is 14.9. The van der Waals surface area contributed by atoms with Gasteiger partial charge in [0.15, 0.2) is 5.69 Å². The Labute approximate surface area is 182 Å². The van der Waals surface area contributed by atoms with Crippen molar-refractivity contribution < 1.29 is 13.2 Å². The van der Waals surface area contributed by atoms with Gasteiger partial charge < -0.3 is 5.32 Å². The number of aryl methyl sites for hydroxylation is 2. The van der Waals surface area contributed by atoms with Crippen molar-refractivity contribution in [3.8, 4) is 5.69 Å². The summed E-state index contributed by atoms with van der Waals surface area (Å²) in [7, 11) is -3.59. The zero-order valence-electron chi connectivity index (χ0n) is 17.7. The molecule has 1 amide bonds. The van der Waals surface area contributed by atoms with Gasteiger partial charge in [-0.15, -0.1) is 0 Å². The van der Waals surface area contributed by atoms with Gasteiger partial charge in [0.1, 0.15) is 0 Å². The quantitative estimate of drug-likeness (QED) is 0.654. The van der Waals surface area contributed by atoms with Crippen LogP contribution in [0.2, 0.25) is 0 Å². The molecule has 1 fully saturated rings. The normalized spacial score (nSPS) is 15.0. The van der Waals surface area contributed by atoms with E-state index in [2.05, 4.69) is 10.4 Å². The van der Waals surface area contributed by atoms with Crippen LogP contribution in [0.1, 0.15) is 41.0 Å². The molecular formula is C23H26N4O3S. The van der Waals surface area contributed by atoms with Crippen LogP contribution in [0, 0.1) is 13.8 Å². The van der Waals surface area contributed by atoms with Crippen molar-refractivity contribution in [1.82, 2.24) is 14.1 Å². The predicted octanol–water partition coefficient (Wildman–Crippen LogP) is 3.92. The summed E-state index contributed by atoms with van der Waals surface area (Å²) in [5.41, 5.74) is 3.05. The molecule has 31 heavy (non-hydrogen) atoms. The number of hydrogen-bond donors (Lipinski definition) is 1. The minimum absolute atomic E-state index is 0.234. The molecule has 4 rings (SSSR count). The second-order valence-corrected chi connectivity index (χ2v) is 9.72. The van der Waals surface area contributed by atoms with Crippen molar-refractivity contribution >= 4 is 21.6 Å². The third-order valence-corrected chi connectivity index (χ3v) is 7.54. The van der Waals surface area contributed by atoms with Crippen LogP contribution in [0.3, 0.4) is 0 Å². The molecule has 3 aromatic rings. The average molecular weight is 439 g/mol. The highest BCUT2D eigenvalue weighted by Gasteiger charge is 2.27. The molecule has 0 radical (unpaired) electrons. The number of nitrogens with zero attached hydrogens (tertiary/aromatic N) is 3. The first kappa shape index (κ1) is 21.3. The van der Waals surface area contributed by atoms with Crippen LogP contribution in [-0.4, -0.2) is 41.5 Å². The summed E-state index contributed by atoms with van der Waals surface area (Å²) in [6, 6.07) is 16.3. The van der Waals surface area contributed by atoms with Gasteiger partial charge in [0.05, 0.1) is 10.6 Å². The number of nitrogens with one attached hydrogen (secondary N) is 1. The minimum atomic E-state index is -3.59. The van der Waals surface area contributed by atoms with E-state index in [0.717, 1.165) is 30.6 Å². The van der Waals surface area contributed by atoms with E-state index in [1.54, 1.807) is 29.8 Å². The average Bonchev–Trinajstić information content (AvgIpc) is 3.18. The van der Waals surface area contributed by atoms with Gasteiger partial charge in [-0.1, -0.05) is 30.7 Å². The fraction of sp³-hybridized carbons (Fsp3) is 0.304. The number of carbonyl (C=O) groups excluding carboxylic acids is 1. The van der Waals surface area contributed by atoms with E-state index in [-0.39, 0.29) is 16.5 Å². The standard InChI is InChI=1S/C23H26N4O3S/c1-17-11-12-19(16-22(17)31(29,30)26-13-7-4-8-14-26)24-23(28)21-15-18(2)27(25-21)20-9-5-3-6-10-20/h3,5-6,9-12,15-16H,4,7-8,13-14H2,1-2H3,(H,24,28). The molecule has 0 unspecified atom stereocenters. The van der Waals surface area contributed by atoms with Crippen LogP contribution in [0.5, 0.6) is 0 Å². The van der Waals surface area contributed by atoms with Crippen LogP contribution in [0.4, 0.5) is 5.69 Å². The molecular weight excluding hydrogens is 412 g/mol. The molecule has 0 aliphatic carbocycles. The van der Waals surface area contributed by atoms with Crippen LogP contribution in [0.25, 0.3) is 5.69 Å². The molecule has 0 saturated carbocycles. The summed E-state index contributed by atoms with van der Waals surface area (Å²) >= 11 is 0. The summed E-state index contributed by atoms with van der Waals surface area (Å²) < 4.78 is 29.5. The van der Waals surface area contributed by atoms with Gasteiger partial charge in [-0.3, -0.25) is 4.79 Å². The van der Waals surface area contributed by atoms with E-state index >= 15 is 0 Å². The molecule has 162 valence electrons. The maximum atomic E-state index is 13.1. The smallest absolute Gasteiger partial charge is 0.276 e. The monoisotopic (exact) mass is 438 g/mol. The van der Waals surface area contributed by atoms with Crippen LogP contribution in [-0.2, 0) is 10.0 Å². The Balaban J connectivity index is 1.58. The highest BCUT2D eigenvalue weighted by Crippen LogP contribution is 2.26. The zero-order valence-corrected chi connectivity index (χ0v) is 18.5. The Hall–Kier alpha value is -2.97. The van der Waals surface area contributed by atoms with Gasteiger partial charge in [0.25, 0.3) is 5.91 Å². The number of amides is 1. The third-order valence-electron chi connectivity index (χ3n) is 5.50. The van der Waals surface area contributed by atoms with Gasteiger partial charge in [0, 0.05) is 24.5 Å². The first-order valence-electron chi connectivity index (χ1n) is 10.4. The van der Waals surface area contributed by atoms with Crippen molar-refractivity contribution in [2.24, 2.45) is 0 Å². The molecule has 1 N–H and O–H groups in total. The number of para-hydroxylation sites is 1. The van der Waals surface area contributed by atoms with E-state index in [0.29, 0.717) is 24.3 Å². The van der Waals surface area contributed by atoms with E-state index in [1.807, 2.05) is 37.3 Å². The zero-order chi connectivity index (χ0) is 22.0. The molecule has 1 aliphatic heterocycles. The molecule has 1 aliphatic rings. The van der Waals surface area contributed by atoms with Gasteiger partial charge in [0.2, 0.25) is 10.0 Å². The lowest BCUT2D eigenvalue weighted by atomic mass is 10.2. The summed E-state index contributed by atoms with van der Waals surface area (Å²) in [5, 5.41) is 7.21. The Morgan fingerprint density at radius 3 is 2.39 bits per heavy atom. The number of anilines is 1. The van der Waals surface area contributed by atoms with E-state index in [9.17, 15) is 13.2 Å². The molecule has 2 aromatic carbocycles. The second-order valence-electron chi connectivity index (χ2n) is 7.82. The summed E-state index contributed by atoms with van der Waals surface area (Å²) in [4.78, 5) is 13.0. The maximum Gasteiger partial charge on any atom is 0.276 e. The Bertz CT molecular complexity index is 1200. The van der Waals surface area contributed by atoms with Gasteiger partial charge in [-0.25, -0.2) is 13.1 Å². The number of benzene rings is 2. The maximum absolute atomic E-state index is 13.1. The molecule has 0 atom stereocenters. The molecule has 7 nitrogen and oxygen atoms in total. The lowest BCUT2D eigenvalue weighted by Gasteiger charge is -2.26. The number of aromatic nitrogens is 2. The van der Waals surface area contributed by atoms with Crippen LogP contribution >= 0.6 is 0 Å². The lowest BCUT2D eigenvalue weighted by molar-refractivity contribution is 0.102. The van der Waals surface area contributed by atoms with Gasteiger partial charge in [-0.2, -0.15) is 9.40 Å². The number of hydrogen-bond acceptors (Lipinski definition) is 4. The molecule has 2 heterocycles. The topological polar surface area (TPSA) is 84.3 Å². The second kappa shape index (κ2) is 8.64. The van der Waals surface area contributed by atoms with E-state index in [1.165, 1.54) is 10.4 Å². The first-order valence-corrected chi connectivity index (χ1v) is 11.8. The summed E-state index contributed by atoms with van der Waals surface area (Å²) in [6.07, 6.45) is 2.80. The lowest BCUT2D eigenvalue weighted by Crippen LogP contribution is -2.36. The largest absolute Gasteiger partial charge is 0.321 e. The Morgan fingerprint density at radius 2 is 1.68 bits per heavy atom. The number of rotatable bonds is 5. The van der Waals surface area contributed by atoms with Gasteiger partial charge >= 0.3 is 0 Å². The number of carbonyl (C=O) groups is 1. The third kappa shape index (κ3) is 4.40. The fourth-order valence-corrected chi connectivity index (χ4v) is 5.58. The molecule has 1 saturated heterocycles. The predicted molar refractivity (Wildman–Crippen MR) is 120 cm³/mol. The van der Waals surface area contributed by atoms with Crippen molar-refractivity contribution in [2.75, 3.05) is 18.4 Å². The SMILES string of the molecule is Cc1ccc(NC(=O)c2cc(C)n(-c3ccccc3)n2)cc1S(=O)(=O)N1CCCCC1. The molecule has 0 bridgehead atoms. The molecule has 0 spiro atoms. The highest BCUT2D eigenvalue weighted by atomic mass is 32.2.